The fourth-order valence-corrected chi connectivity index (χ4v) is 3.58. The molecule has 2 amide bonds. The van der Waals surface area contributed by atoms with E-state index < -0.39 is 6.04 Å². The summed E-state index contributed by atoms with van der Waals surface area (Å²) in [4.78, 5) is 29.1. The molecular weight excluding hydrogens is 414 g/mol. The topological polar surface area (TPSA) is 61.9 Å². The van der Waals surface area contributed by atoms with E-state index in [9.17, 15) is 9.59 Å². The van der Waals surface area contributed by atoms with Gasteiger partial charge in [-0.25, -0.2) is 0 Å². The van der Waals surface area contributed by atoms with Gasteiger partial charge in [-0.15, -0.1) is 0 Å². The molecule has 164 valence electrons. The van der Waals surface area contributed by atoms with E-state index in [1.807, 2.05) is 53.4 Å². The maximum absolute atomic E-state index is 12.7. The average molecular weight is 442 g/mol. The first-order chi connectivity index (χ1) is 14.9. The highest BCUT2D eigenvalue weighted by Crippen LogP contribution is 2.14. The van der Waals surface area contributed by atoms with Gasteiger partial charge in [-0.2, -0.15) is 0 Å². The number of carbonyl (C=O) groups is 2. The molecule has 0 radical (unpaired) electrons. The third-order valence-corrected chi connectivity index (χ3v) is 5.53. The van der Waals surface area contributed by atoms with E-state index in [0.717, 1.165) is 36.0 Å². The lowest BCUT2D eigenvalue weighted by Gasteiger charge is -2.36. The molecule has 1 fully saturated rings. The Labute approximate surface area is 188 Å². The largest absolute Gasteiger partial charge is 0.497 e. The Bertz CT molecular complexity index is 905. The van der Waals surface area contributed by atoms with E-state index in [-0.39, 0.29) is 11.8 Å². The van der Waals surface area contributed by atoms with E-state index in [0.29, 0.717) is 13.1 Å². The molecule has 0 spiro atoms. The van der Waals surface area contributed by atoms with Crippen LogP contribution in [0.4, 0.5) is 0 Å². The molecular formula is C24H28ClN3O3. The smallest absolute Gasteiger partial charge is 0.244 e. The average Bonchev–Trinajstić information content (AvgIpc) is 2.79. The highest BCUT2D eigenvalue weighted by molar-refractivity contribution is 6.30. The maximum atomic E-state index is 12.7. The summed E-state index contributed by atoms with van der Waals surface area (Å²) >= 11 is 5.94. The monoisotopic (exact) mass is 441 g/mol. The number of benzene rings is 2. The highest BCUT2D eigenvalue weighted by Gasteiger charge is 2.25. The first-order valence-electron chi connectivity index (χ1n) is 10.3. The van der Waals surface area contributed by atoms with Crippen LogP contribution < -0.4 is 10.1 Å². The van der Waals surface area contributed by atoms with Gasteiger partial charge in [-0.1, -0.05) is 35.9 Å². The van der Waals surface area contributed by atoms with E-state index in [1.54, 1.807) is 20.1 Å². The zero-order chi connectivity index (χ0) is 22.2. The number of carbonyl (C=O) groups excluding carboxylic acids is 2. The Balaban J connectivity index is 1.43. The van der Waals surface area contributed by atoms with E-state index >= 15 is 0 Å². The van der Waals surface area contributed by atoms with Crippen LogP contribution in [-0.2, 0) is 16.1 Å². The molecule has 1 unspecified atom stereocenters. The predicted octanol–water partition coefficient (Wildman–Crippen LogP) is 3.21. The number of amides is 2. The molecule has 1 aliphatic heterocycles. The minimum atomic E-state index is -0.573. The Morgan fingerprint density at radius 3 is 2.32 bits per heavy atom. The lowest BCUT2D eigenvalue weighted by molar-refractivity contribution is -0.136. The molecule has 0 aliphatic carbocycles. The number of nitrogens with zero attached hydrogens (tertiary/aromatic N) is 2. The fraction of sp³-hybridized carbons (Fsp3) is 0.333. The highest BCUT2D eigenvalue weighted by atomic mass is 35.5. The Kier molecular flexibility index (Phi) is 8.09. The summed E-state index contributed by atoms with van der Waals surface area (Å²) in [6.45, 7) is 5.45. The van der Waals surface area contributed by atoms with Crippen molar-refractivity contribution in [1.82, 2.24) is 15.1 Å². The van der Waals surface area contributed by atoms with Crippen LogP contribution in [0, 0.1) is 0 Å². The van der Waals surface area contributed by atoms with Crippen molar-refractivity contribution in [3.8, 4) is 5.75 Å². The van der Waals surface area contributed by atoms with Crippen LogP contribution in [0.25, 0.3) is 6.08 Å². The number of hydrogen-bond acceptors (Lipinski definition) is 4. The second kappa shape index (κ2) is 11.0. The molecule has 1 heterocycles. The minimum absolute atomic E-state index is 0.0580. The van der Waals surface area contributed by atoms with Gasteiger partial charge < -0.3 is 15.0 Å². The molecule has 2 aromatic rings. The van der Waals surface area contributed by atoms with E-state index in [2.05, 4.69) is 10.2 Å². The number of methoxy groups -OCH3 is 1. The van der Waals surface area contributed by atoms with Gasteiger partial charge >= 0.3 is 0 Å². The summed E-state index contributed by atoms with van der Waals surface area (Å²) in [6.07, 6.45) is 3.15. The summed E-state index contributed by atoms with van der Waals surface area (Å²) < 4.78 is 5.12. The molecule has 31 heavy (non-hydrogen) atoms. The van der Waals surface area contributed by atoms with Crippen LogP contribution in [-0.4, -0.2) is 60.9 Å². The SMILES string of the molecule is COc1ccc(/C=C/C(=O)NC(C)C(=O)N2CCN(Cc3ccc(Cl)cc3)CC2)cc1. The summed E-state index contributed by atoms with van der Waals surface area (Å²) in [6, 6.07) is 14.6. The molecule has 2 aromatic carbocycles. The summed E-state index contributed by atoms with van der Waals surface area (Å²) in [7, 11) is 1.61. The first-order valence-corrected chi connectivity index (χ1v) is 10.7. The van der Waals surface area contributed by atoms with Gasteiger partial charge in [0.1, 0.15) is 11.8 Å². The zero-order valence-corrected chi connectivity index (χ0v) is 18.6. The van der Waals surface area contributed by atoms with Crippen molar-refractivity contribution in [1.29, 1.82) is 0 Å². The van der Waals surface area contributed by atoms with E-state index in [4.69, 9.17) is 16.3 Å². The van der Waals surface area contributed by atoms with Gasteiger partial charge in [-0.05, 0) is 48.4 Å². The number of piperazine rings is 1. The normalized spacial score (nSPS) is 15.6. The number of rotatable bonds is 7. The molecule has 1 atom stereocenters. The molecule has 7 heteroatoms. The van der Waals surface area contributed by atoms with Gasteiger partial charge in [0, 0.05) is 43.8 Å². The second-order valence-corrected chi connectivity index (χ2v) is 8.00. The molecule has 0 saturated carbocycles. The summed E-state index contributed by atoms with van der Waals surface area (Å²) in [5.41, 5.74) is 2.08. The predicted molar refractivity (Wildman–Crippen MR) is 123 cm³/mol. The zero-order valence-electron chi connectivity index (χ0n) is 17.9. The van der Waals surface area contributed by atoms with Crippen molar-refractivity contribution < 1.29 is 14.3 Å². The van der Waals surface area contributed by atoms with Crippen molar-refractivity contribution in [2.45, 2.75) is 19.5 Å². The Morgan fingerprint density at radius 1 is 1.06 bits per heavy atom. The number of ether oxygens (including phenoxy) is 1. The van der Waals surface area contributed by atoms with Crippen LogP contribution in [0.5, 0.6) is 5.75 Å². The van der Waals surface area contributed by atoms with Crippen molar-refractivity contribution in [3.63, 3.8) is 0 Å². The molecule has 1 aliphatic rings. The Hall–Kier alpha value is -2.83. The minimum Gasteiger partial charge on any atom is -0.497 e. The van der Waals surface area contributed by atoms with Crippen molar-refractivity contribution in [2.75, 3.05) is 33.3 Å². The number of halogens is 1. The number of hydrogen-bond donors (Lipinski definition) is 1. The van der Waals surface area contributed by atoms with Gasteiger partial charge in [0.25, 0.3) is 0 Å². The fourth-order valence-electron chi connectivity index (χ4n) is 3.46. The van der Waals surface area contributed by atoms with Gasteiger partial charge in [0.2, 0.25) is 11.8 Å². The van der Waals surface area contributed by atoms with Crippen molar-refractivity contribution >= 4 is 29.5 Å². The summed E-state index contributed by atoms with van der Waals surface area (Å²) in [5.74, 6) is 0.407. The van der Waals surface area contributed by atoms with E-state index in [1.165, 1.54) is 11.6 Å². The molecule has 1 saturated heterocycles. The molecule has 0 bridgehead atoms. The quantitative estimate of drug-likeness (QED) is 0.670. The summed E-state index contributed by atoms with van der Waals surface area (Å²) in [5, 5.41) is 3.49. The third-order valence-electron chi connectivity index (χ3n) is 5.28. The lowest BCUT2D eigenvalue weighted by Crippen LogP contribution is -2.53. The van der Waals surface area contributed by atoms with Crippen molar-refractivity contribution in [2.24, 2.45) is 0 Å². The van der Waals surface area contributed by atoms with Crippen molar-refractivity contribution in [3.05, 3.63) is 70.8 Å². The van der Waals surface area contributed by atoms with Crippen LogP contribution in [0.2, 0.25) is 5.02 Å². The van der Waals surface area contributed by atoms with Crippen LogP contribution in [0.1, 0.15) is 18.1 Å². The van der Waals surface area contributed by atoms with Crippen LogP contribution in [0.3, 0.4) is 0 Å². The van der Waals surface area contributed by atoms with Crippen LogP contribution in [0.15, 0.2) is 54.6 Å². The molecule has 3 rings (SSSR count). The second-order valence-electron chi connectivity index (χ2n) is 7.56. The van der Waals surface area contributed by atoms with Crippen LogP contribution >= 0.6 is 11.6 Å². The standard InChI is InChI=1S/C24H28ClN3O3/c1-18(26-23(29)12-7-19-5-10-22(31-2)11-6-19)24(30)28-15-13-27(14-16-28)17-20-3-8-21(25)9-4-20/h3-12,18H,13-17H2,1-2H3,(H,26,29)/b12-7+. The first kappa shape index (κ1) is 22.8. The molecule has 1 N–H and O–H groups in total. The maximum Gasteiger partial charge on any atom is 0.244 e. The van der Waals surface area contributed by atoms with Gasteiger partial charge in [0.15, 0.2) is 0 Å². The Morgan fingerprint density at radius 2 is 1.71 bits per heavy atom. The third kappa shape index (κ3) is 6.84. The molecule has 6 nitrogen and oxygen atoms in total. The molecule has 0 aromatic heterocycles. The van der Waals surface area contributed by atoms with Gasteiger partial charge in [0.05, 0.1) is 7.11 Å². The lowest BCUT2D eigenvalue weighted by atomic mass is 10.2. The number of nitrogens with one attached hydrogen (secondary N) is 1. The van der Waals surface area contributed by atoms with Gasteiger partial charge in [-0.3, -0.25) is 14.5 Å².